The fourth-order valence-corrected chi connectivity index (χ4v) is 16.8. The van der Waals surface area contributed by atoms with E-state index < -0.39 is 0 Å². The molecule has 145 heavy (non-hydrogen) atoms. The van der Waals surface area contributed by atoms with Crippen LogP contribution in [0.4, 0.5) is 17.6 Å². The zero-order chi connectivity index (χ0) is 105. The molecule has 0 saturated carbocycles. The highest BCUT2D eigenvalue weighted by atomic mass is 79.9. The van der Waals surface area contributed by atoms with Crippen molar-refractivity contribution in [3.8, 4) is 0 Å². The Balaban J connectivity index is 0.000000179. The molecule has 22 nitrogen and oxygen atoms in total. The predicted octanol–water partition coefficient (Wildman–Crippen LogP) is 26.7. The number of aromatic amines is 6. The molecule has 4 aliphatic rings. The first kappa shape index (κ1) is 114. The van der Waals surface area contributed by atoms with Crippen molar-refractivity contribution in [2.75, 3.05) is 0 Å². The predicted molar refractivity (Wildman–Crippen MR) is 585 cm³/mol. The second-order valence-electron chi connectivity index (χ2n) is 38.7. The van der Waals surface area contributed by atoms with Crippen molar-refractivity contribution in [1.82, 2.24) is 61.1 Å². The third kappa shape index (κ3) is 28.4. The van der Waals surface area contributed by atoms with Crippen LogP contribution in [0.3, 0.4) is 0 Å². The first-order chi connectivity index (χ1) is 67.7. The number of carbonyl (C=O) groups excluding carboxylic acids is 4. The van der Waals surface area contributed by atoms with Gasteiger partial charge in [0.1, 0.15) is 23.3 Å². The maximum absolute atomic E-state index is 13.5. The van der Waals surface area contributed by atoms with E-state index >= 15 is 0 Å². The molecule has 4 amide bonds. The Labute approximate surface area is 855 Å². The van der Waals surface area contributed by atoms with Gasteiger partial charge in [0.15, 0.2) is 0 Å². The van der Waals surface area contributed by atoms with Gasteiger partial charge in [-0.2, -0.15) is 0 Å². The Kier molecular flexibility index (Phi) is 40.0. The average Bonchev–Trinajstić information content (AvgIpc) is 1.20. The van der Waals surface area contributed by atoms with Crippen molar-refractivity contribution < 1.29 is 36.7 Å². The van der Waals surface area contributed by atoms with Crippen LogP contribution in [-0.4, -0.2) is 63.5 Å². The maximum atomic E-state index is 13.5. The molecule has 0 radical (unpaired) electrons. The number of amides is 4. The SMILES string of the molecule is C.C.CC(C)c1cc(F)c2c(c1)C(=O)NC2.CC(C)c1cc2c(=O)[nH]cnc2cc1F.CC(C)c1cc2c(cc1F)CNC2=O.CC(C)c1ccc2c(Br)c[nH]c(=O)c2c1.CC(C)c1ccc2c(Cl)c[nH]c(=O)c2c1.CC(C)c1ccc2c(F)c[nH]c(=O)c2c1.CC(C)c1ccc2c(c1)C(=O)NC2.CC(C)c1ccc2c(c1)C(=O)N[C@H]2C.CC(C)c1ccc2cc[nH]c(=O)c2c1.CC(C)c1ccc2nc[nH]c(=O)c2c1. The van der Waals surface area contributed by atoms with Gasteiger partial charge >= 0.3 is 0 Å². The highest BCUT2D eigenvalue weighted by Crippen LogP contribution is 2.34. The Morgan fingerprint density at radius 2 is 0.703 bits per heavy atom. The molecule has 0 bridgehead atoms. The number of pyridine rings is 4. The molecule has 16 aromatic rings. The summed E-state index contributed by atoms with van der Waals surface area (Å²) < 4.78 is 54.8. The van der Waals surface area contributed by atoms with Gasteiger partial charge in [0.25, 0.3) is 57.0 Å². The molecule has 0 fully saturated rings. The number of nitrogens with one attached hydrogen (secondary N) is 10. The van der Waals surface area contributed by atoms with Gasteiger partial charge in [-0.1, -0.05) is 244 Å². The largest absolute Gasteiger partial charge is 0.348 e. The average molecular weight is 2060 g/mol. The van der Waals surface area contributed by atoms with Crippen molar-refractivity contribution in [2.24, 2.45) is 0 Å². The van der Waals surface area contributed by atoms with Crippen molar-refractivity contribution in [1.29, 1.82) is 0 Å². The Hall–Kier alpha value is -14.3. The zero-order valence-corrected chi connectivity index (χ0v) is 86.7. The quantitative estimate of drug-likeness (QED) is 0.0571. The van der Waals surface area contributed by atoms with Gasteiger partial charge in [0.05, 0.1) is 50.9 Å². The molecular weight excluding hydrogens is 1920 g/mol. The van der Waals surface area contributed by atoms with Gasteiger partial charge in [-0.3, -0.25) is 47.9 Å². The van der Waals surface area contributed by atoms with Gasteiger partial charge in [0.2, 0.25) is 0 Å². The summed E-state index contributed by atoms with van der Waals surface area (Å²) >= 11 is 9.41. The number of rotatable bonds is 10. The van der Waals surface area contributed by atoms with Gasteiger partial charge in [0, 0.05) is 115 Å². The van der Waals surface area contributed by atoms with Gasteiger partial charge in [-0.15, -0.1) is 0 Å². The lowest BCUT2D eigenvalue weighted by molar-refractivity contribution is 0.0951. The maximum Gasteiger partial charge on any atom is 0.258 e. The summed E-state index contributed by atoms with van der Waals surface area (Å²) in [4.78, 5) is 138. The van der Waals surface area contributed by atoms with Crippen molar-refractivity contribution in [3.63, 3.8) is 0 Å². The molecule has 28 heteroatoms. The van der Waals surface area contributed by atoms with E-state index in [4.69, 9.17) is 11.6 Å². The number of aromatic nitrogens is 8. The molecule has 6 aromatic heterocycles. The summed E-state index contributed by atoms with van der Waals surface area (Å²) in [5.74, 6) is 2.11. The van der Waals surface area contributed by atoms with Crippen LogP contribution in [0.25, 0.3) is 64.9 Å². The smallest absolute Gasteiger partial charge is 0.258 e. The Bertz CT molecular complexity index is 7470. The third-order valence-electron chi connectivity index (χ3n) is 25.2. The number of fused-ring (bicyclic) bond motifs is 10. The van der Waals surface area contributed by atoms with E-state index in [1.807, 2.05) is 153 Å². The summed E-state index contributed by atoms with van der Waals surface area (Å²) in [6.45, 7) is 44.5. The minimum Gasteiger partial charge on any atom is -0.348 e. The first-order valence-corrected chi connectivity index (χ1v) is 49.1. The monoisotopic (exact) mass is 2050 g/mol. The van der Waals surface area contributed by atoms with Crippen LogP contribution in [0, 0.1) is 23.3 Å². The lowest BCUT2D eigenvalue weighted by Gasteiger charge is -2.08. The molecule has 10 N–H and O–H groups in total. The zero-order valence-electron chi connectivity index (χ0n) is 84.3. The summed E-state index contributed by atoms with van der Waals surface area (Å²) in [5, 5.41) is 18.4. The Morgan fingerprint density at radius 1 is 0.310 bits per heavy atom. The van der Waals surface area contributed by atoms with E-state index in [1.165, 1.54) is 59.3 Å². The van der Waals surface area contributed by atoms with E-state index in [1.54, 1.807) is 42.7 Å². The minimum atomic E-state index is -0.389. The van der Waals surface area contributed by atoms with E-state index in [0.717, 1.165) is 93.2 Å². The number of H-pyrrole nitrogens is 6. The third-order valence-corrected chi connectivity index (χ3v) is 26.1. The Morgan fingerprint density at radius 3 is 1.26 bits per heavy atom. The van der Waals surface area contributed by atoms with Crippen LogP contribution in [0.1, 0.15) is 345 Å². The number of benzene rings is 10. The van der Waals surface area contributed by atoms with Crippen LogP contribution in [0.15, 0.2) is 241 Å². The number of hydrogen-bond donors (Lipinski definition) is 10. The van der Waals surface area contributed by atoms with Crippen LogP contribution in [0.5, 0.6) is 0 Å². The van der Waals surface area contributed by atoms with E-state index in [9.17, 15) is 65.5 Å². The molecular formula is C117H132BrClF4N12O10. The molecule has 20 rings (SSSR count). The van der Waals surface area contributed by atoms with Crippen molar-refractivity contribution in [3.05, 3.63) is 402 Å². The summed E-state index contributed by atoms with van der Waals surface area (Å²) in [6.07, 6.45) is 8.69. The molecule has 4 aliphatic heterocycles. The number of nitrogens with zero attached hydrogens (tertiary/aromatic N) is 2. The standard InChI is InChI=1S/C12H12BrNO.C12H12ClNO.C12H12FNO.C12H15NO.C12H13NO.C11H11FN2O.2C11H12FNO.C11H12N2O.C11H13NO.2CH4/c3*1-7(2)8-3-4-9-10(5-8)12(15)14-6-11(9)13;1-7(2)9-4-5-10-8(3)13-12(14)11(10)6-9;1-8(2)10-4-3-9-5-6-13-12(14)11(9)7-10;1-6(2)7-3-8-10(4-9(7)12)13-5-14-11(8)15;1-6(2)8-4-9-7(3-10(8)12)5-13-11(9)14;1-6(2)7-3-8-9(10(12)4-7)5-13-11(8)14;1-7(2)8-3-4-10-9(5-8)11(14)13-6-12-10;1-7(2)8-3-4-9-6-12-11(13)10(9)5-8;;/h3*3-7H,1-2H3,(H,14,15);4-8H,1-3H3,(H,13,14);3-8H,1-2H3,(H,13,14);3-6H,1-2H3,(H,13,14,15);2*3-4,6H,5H2,1-2H3,(H,13,14);3-7H,1-2H3,(H,12,13,14);3-5,7H,6H2,1-2H3,(H,12,13);2*1H4/t;;;8-;;;;;;;;/m...0......../s1. The normalized spacial score (nSPS) is 12.8. The van der Waals surface area contributed by atoms with E-state index in [2.05, 4.69) is 190 Å². The van der Waals surface area contributed by atoms with Crippen LogP contribution in [-0.2, 0) is 19.6 Å². The van der Waals surface area contributed by atoms with Gasteiger partial charge < -0.3 is 51.2 Å². The highest BCUT2D eigenvalue weighted by molar-refractivity contribution is 9.10. The molecule has 762 valence electrons. The molecule has 1 atom stereocenters. The van der Waals surface area contributed by atoms with Crippen molar-refractivity contribution >= 4 is 116 Å². The molecule has 0 aliphatic carbocycles. The second-order valence-corrected chi connectivity index (χ2v) is 40.0. The van der Waals surface area contributed by atoms with E-state index in [-0.39, 0.29) is 119 Å². The number of carbonyl (C=O) groups is 4. The lowest BCUT2D eigenvalue weighted by atomic mass is 9.97. The molecule has 0 saturated heterocycles. The van der Waals surface area contributed by atoms with Gasteiger partial charge in [-0.25, -0.2) is 27.5 Å². The highest BCUT2D eigenvalue weighted by Gasteiger charge is 2.28. The minimum absolute atomic E-state index is 0. The number of hydrogen-bond acceptors (Lipinski definition) is 12. The lowest BCUT2D eigenvalue weighted by Crippen LogP contribution is -2.16. The molecule has 10 heterocycles. The summed E-state index contributed by atoms with van der Waals surface area (Å²) in [6, 6.07) is 52.7. The first-order valence-electron chi connectivity index (χ1n) is 47.9. The fourth-order valence-electron chi connectivity index (χ4n) is 16.1. The molecule has 0 unspecified atom stereocenters. The molecule has 0 spiro atoms. The topological polar surface area (TPSA) is 339 Å². The van der Waals surface area contributed by atoms with E-state index in [0.29, 0.717) is 126 Å². The van der Waals surface area contributed by atoms with Crippen LogP contribution in [0.2, 0.25) is 5.02 Å². The second kappa shape index (κ2) is 50.8. The summed E-state index contributed by atoms with van der Waals surface area (Å²) in [5.41, 5.74) is 17.0. The van der Waals surface area contributed by atoms with Gasteiger partial charge in [-0.05, 0) is 245 Å². The van der Waals surface area contributed by atoms with Crippen LogP contribution < -0.4 is 54.6 Å². The fraction of sp³-hybridized carbons (Fsp3) is 0.316. The summed E-state index contributed by atoms with van der Waals surface area (Å²) in [7, 11) is 0. The number of halogens is 6. The van der Waals surface area contributed by atoms with Crippen molar-refractivity contribution in [2.45, 2.75) is 245 Å². The van der Waals surface area contributed by atoms with Crippen LogP contribution >= 0.6 is 27.5 Å². The molecule has 10 aromatic carbocycles.